The lowest BCUT2D eigenvalue weighted by atomic mass is 10.2. The molecule has 0 bridgehead atoms. The number of nitrogens with zero attached hydrogens (tertiary/aromatic N) is 1. The highest BCUT2D eigenvalue weighted by molar-refractivity contribution is 9.10. The van der Waals surface area contributed by atoms with Gasteiger partial charge in [0.05, 0.1) is 23.0 Å². The number of nitrogens with one attached hydrogen (secondary N) is 1. The van der Waals surface area contributed by atoms with Gasteiger partial charge in [0.25, 0.3) is 0 Å². The van der Waals surface area contributed by atoms with Crippen molar-refractivity contribution in [3.05, 3.63) is 39.7 Å². The molecular formula is C11H9BrN2O2S. The minimum absolute atomic E-state index is 0.0321. The average molecular weight is 313 g/mol. The van der Waals surface area contributed by atoms with Crippen LogP contribution in [0.3, 0.4) is 0 Å². The first-order valence-corrected chi connectivity index (χ1v) is 7.39. The third-order valence-corrected chi connectivity index (χ3v) is 4.45. The molecule has 1 N–H and O–H groups in total. The van der Waals surface area contributed by atoms with Crippen LogP contribution in [0.15, 0.2) is 34.2 Å². The Morgan fingerprint density at radius 2 is 2.24 bits per heavy atom. The minimum atomic E-state index is -3.08. The van der Waals surface area contributed by atoms with Gasteiger partial charge < -0.3 is 5.32 Å². The Kier molecular flexibility index (Phi) is 3.22. The van der Waals surface area contributed by atoms with Gasteiger partial charge in [0, 0.05) is 9.88 Å². The number of rotatable bonds is 2. The minimum Gasteiger partial charge on any atom is -0.377 e. The molecule has 6 heteroatoms. The first-order chi connectivity index (χ1) is 8.02. The SMILES string of the molecule is N#Cc1c(Br)cccc1NC1C=CS(=O)(=O)C1. The van der Waals surface area contributed by atoms with Gasteiger partial charge in [-0.3, -0.25) is 0 Å². The Bertz CT molecular complexity index is 617. The topological polar surface area (TPSA) is 70.0 Å². The summed E-state index contributed by atoms with van der Waals surface area (Å²) in [6, 6.07) is 7.11. The van der Waals surface area contributed by atoms with E-state index in [1.54, 1.807) is 24.3 Å². The Morgan fingerprint density at radius 3 is 2.82 bits per heavy atom. The number of anilines is 1. The Labute approximate surface area is 108 Å². The molecule has 0 aliphatic carbocycles. The van der Waals surface area contributed by atoms with Gasteiger partial charge in [-0.05, 0) is 28.1 Å². The molecule has 17 heavy (non-hydrogen) atoms. The van der Waals surface area contributed by atoms with Crippen LogP contribution in [0.5, 0.6) is 0 Å². The number of hydrogen-bond acceptors (Lipinski definition) is 4. The molecule has 1 aliphatic rings. The average Bonchev–Trinajstić information content (AvgIpc) is 2.58. The van der Waals surface area contributed by atoms with E-state index in [1.807, 2.05) is 0 Å². The molecule has 2 rings (SSSR count). The highest BCUT2D eigenvalue weighted by Gasteiger charge is 2.22. The van der Waals surface area contributed by atoms with Crippen molar-refractivity contribution in [2.45, 2.75) is 6.04 Å². The quantitative estimate of drug-likeness (QED) is 0.907. The molecule has 4 nitrogen and oxygen atoms in total. The predicted molar refractivity (Wildman–Crippen MR) is 69.2 cm³/mol. The molecule has 0 aromatic heterocycles. The van der Waals surface area contributed by atoms with Crippen LogP contribution >= 0.6 is 15.9 Å². The van der Waals surface area contributed by atoms with E-state index in [-0.39, 0.29) is 11.8 Å². The van der Waals surface area contributed by atoms with Gasteiger partial charge in [-0.15, -0.1) is 0 Å². The van der Waals surface area contributed by atoms with Crippen LogP contribution in [-0.4, -0.2) is 20.2 Å². The van der Waals surface area contributed by atoms with E-state index in [1.165, 1.54) is 5.41 Å². The zero-order chi connectivity index (χ0) is 12.5. The van der Waals surface area contributed by atoms with Gasteiger partial charge in [0.1, 0.15) is 6.07 Å². The van der Waals surface area contributed by atoms with Crippen LogP contribution in [0.1, 0.15) is 5.56 Å². The maximum absolute atomic E-state index is 11.3. The van der Waals surface area contributed by atoms with E-state index >= 15 is 0 Å². The third kappa shape index (κ3) is 2.68. The fourth-order valence-corrected chi connectivity index (χ4v) is 3.31. The van der Waals surface area contributed by atoms with Gasteiger partial charge in [-0.2, -0.15) is 5.26 Å². The number of hydrogen-bond donors (Lipinski definition) is 1. The molecule has 1 aromatic rings. The first-order valence-electron chi connectivity index (χ1n) is 4.88. The van der Waals surface area contributed by atoms with Crippen LogP contribution in [-0.2, 0) is 9.84 Å². The van der Waals surface area contributed by atoms with Gasteiger partial charge in [-0.25, -0.2) is 8.42 Å². The van der Waals surface area contributed by atoms with Crippen LogP contribution in [0, 0.1) is 11.3 Å². The van der Waals surface area contributed by atoms with E-state index in [9.17, 15) is 8.42 Å². The zero-order valence-corrected chi connectivity index (χ0v) is 11.1. The van der Waals surface area contributed by atoms with E-state index in [0.717, 1.165) is 0 Å². The molecule has 1 aromatic carbocycles. The molecule has 1 atom stereocenters. The van der Waals surface area contributed by atoms with Crippen molar-refractivity contribution in [1.29, 1.82) is 5.26 Å². The first kappa shape index (κ1) is 12.1. The summed E-state index contributed by atoms with van der Waals surface area (Å²) in [5.74, 6) is 0.0321. The van der Waals surface area contributed by atoms with Gasteiger partial charge in [0.2, 0.25) is 0 Å². The molecule has 1 aliphatic heterocycles. The number of sulfone groups is 1. The van der Waals surface area contributed by atoms with Crippen molar-refractivity contribution < 1.29 is 8.42 Å². The van der Waals surface area contributed by atoms with Gasteiger partial charge in [-0.1, -0.05) is 12.1 Å². The van der Waals surface area contributed by atoms with Crippen LogP contribution in [0.2, 0.25) is 0 Å². The van der Waals surface area contributed by atoms with E-state index in [2.05, 4.69) is 27.3 Å². The summed E-state index contributed by atoms with van der Waals surface area (Å²) in [6.07, 6.45) is 1.59. The highest BCUT2D eigenvalue weighted by Crippen LogP contribution is 2.25. The summed E-state index contributed by atoms with van der Waals surface area (Å²) in [7, 11) is -3.08. The van der Waals surface area contributed by atoms with E-state index in [4.69, 9.17) is 5.26 Å². The number of halogens is 1. The van der Waals surface area contributed by atoms with E-state index < -0.39 is 9.84 Å². The summed E-state index contributed by atoms with van der Waals surface area (Å²) in [5, 5.41) is 13.3. The molecule has 0 amide bonds. The smallest absolute Gasteiger partial charge is 0.173 e. The van der Waals surface area contributed by atoms with Crippen molar-refractivity contribution in [3.8, 4) is 6.07 Å². The van der Waals surface area contributed by atoms with Crippen molar-refractivity contribution in [2.75, 3.05) is 11.1 Å². The second-order valence-electron chi connectivity index (χ2n) is 3.68. The molecule has 0 radical (unpaired) electrons. The molecule has 0 saturated carbocycles. The standard InChI is InChI=1S/C11H9BrN2O2S/c12-10-2-1-3-11(9(10)6-13)14-8-4-5-17(15,16)7-8/h1-5,8,14H,7H2. The fourth-order valence-electron chi connectivity index (χ4n) is 1.62. The maximum Gasteiger partial charge on any atom is 0.173 e. The Morgan fingerprint density at radius 1 is 1.47 bits per heavy atom. The number of benzene rings is 1. The molecule has 1 unspecified atom stereocenters. The molecule has 0 saturated heterocycles. The van der Waals surface area contributed by atoms with Crippen molar-refractivity contribution >= 4 is 31.5 Å². The molecule has 0 fully saturated rings. The van der Waals surface area contributed by atoms with Crippen LogP contribution < -0.4 is 5.32 Å². The lowest BCUT2D eigenvalue weighted by molar-refractivity contribution is 0.605. The summed E-state index contributed by atoms with van der Waals surface area (Å²) < 4.78 is 23.2. The van der Waals surface area contributed by atoms with E-state index in [0.29, 0.717) is 15.7 Å². The third-order valence-electron chi connectivity index (χ3n) is 2.40. The highest BCUT2D eigenvalue weighted by atomic mass is 79.9. The maximum atomic E-state index is 11.3. The fraction of sp³-hybridized carbons (Fsp3) is 0.182. The van der Waals surface area contributed by atoms with Gasteiger partial charge in [0.15, 0.2) is 9.84 Å². The lowest BCUT2D eigenvalue weighted by Gasteiger charge is -2.13. The predicted octanol–water partition coefficient (Wildman–Crippen LogP) is 2.04. The van der Waals surface area contributed by atoms with Gasteiger partial charge >= 0.3 is 0 Å². The summed E-state index contributed by atoms with van der Waals surface area (Å²) in [6.45, 7) is 0. The lowest BCUT2D eigenvalue weighted by Crippen LogP contribution is -2.21. The van der Waals surface area contributed by atoms with Crippen LogP contribution in [0.4, 0.5) is 5.69 Å². The Hall–Kier alpha value is -1.32. The molecule has 0 spiro atoms. The monoisotopic (exact) mass is 312 g/mol. The molecule has 88 valence electrons. The van der Waals surface area contributed by atoms with Crippen molar-refractivity contribution in [2.24, 2.45) is 0 Å². The molecular weight excluding hydrogens is 304 g/mol. The normalized spacial score (nSPS) is 21.1. The number of nitriles is 1. The summed E-state index contributed by atoms with van der Waals surface area (Å²) >= 11 is 3.28. The van der Waals surface area contributed by atoms with Crippen molar-refractivity contribution in [1.82, 2.24) is 0 Å². The van der Waals surface area contributed by atoms with Crippen LogP contribution in [0.25, 0.3) is 0 Å². The summed E-state index contributed by atoms with van der Waals surface area (Å²) in [4.78, 5) is 0. The molecule has 1 heterocycles. The summed E-state index contributed by atoms with van der Waals surface area (Å²) in [5.41, 5.74) is 1.11. The zero-order valence-electron chi connectivity index (χ0n) is 8.72. The second kappa shape index (κ2) is 4.51. The second-order valence-corrected chi connectivity index (χ2v) is 6.47. The Balaban J connectivity index is 2.24. The largest absolute Gasteiger partial charge is 0.377 e. The van der Waals surface area contributed by atoms with Crippen molar-refractivity contribution in [3.63, 3.8) is 0 Å².